The van der Waals surface area contributed by atoms with E-state index in [4.69, 9.17) is 11.6 Å². The first-order chi connectivity index (χ1) is 16.0. The summed E-state index contributed by atoms with van der Waals surface area (Å²) in [6.45, 7) is 0.998. The fourth-order valence-corrected chi connectivity index (χ4v) is 5.50. The second-order valence-corrected chi connectivity index (χ2v) is 10.0. The van der Waals surface area contributed by atoms with Crippen molar-refractivity contribution in [2.45, 2.75) is 69.4 Å². The van der Waals surface area contributed by atoms with Crippen LogP contribution >= 0.6 is 11.6 Å². The second-order valence-electron chi connectivity index (χ2n) is 9.64. The van der Waals surface area contributed by atoms with Crippen molar-refractivity contribution < 1.29 is 14.7 Å². The molecule has 5 rings (SSSR count). The number of carbonyl (C=O) groups excluding carboxylic acids is 2. The Kier molecular flexibility index (Phi) is 6.22. The first kappa shape index (κ1) is 22.5. The van der Waals surface area contributed by atoms with Gasteiger partial charge < -0.3 is 20.2 Å². The molecule has 2 amide bonds. The van der Waals surface area contributed by atoms with E-state index in [0.29, 0.717) is 29.5 Å². The standard InChI is InChI=1S/C24H32ClN5O3/c1-26-20-13-16(15-6-7-15)12-19-22(25)23(27-30(19)20)24(33)28-10-11-29(21(32)14-28)17-4-2-3-5-18(31)9-8-17/h12-13,15,17-18,26,31H,2-11,14H2,1H3. The second kappa shape index (κ2) is 9.14. The number of piperazine rings is 1. The summed E-state index contributed by atoms with van der Waals surface area (Å²) < 4.78 is 1.68. The minimum atomic E-state index is -0.306. The van der Waals surface area contributed by atoms with Gasteiger partial charge in [-0.25, -0.2) is 4.52 Å². The highest BCUT2D eigenvalue weighted by molar-refractivity contribution is 6.37. The number of amides is 2. The number of rotatable bonds is 4. The zero-order chi connectivity index (χ0) is 23.1. The van der Waals surface area contributed by atoms with Crippen LogP contribution < -0.4 is 5.32 Å². The third-order valence-corrected chi connectivity index (χ3v) is 7.72. The molecule has 0 aromatic carbocycles. The van der Waals surface area contributed by atoms with Crippen molar-refractivity contribution in [2.75, 3.05) is 32.0 Å². The van der Waals surface area contributed by atoms with E-state index < -0.39 is 0 Å². The summed E-state index contributed by atoms with van der Waals surface area (Å²) in [5.74, 6) is 0.997. The number of nitrogens with zero attached hydrogens (tertiary/aromatic N) is 4. The number of pyridine rings is 1. The van der Waals surface area contributed by atoms with Crippen molar-refractivity contribution in [3.8, 4) is 0 Å². The van der Waals surface area contributed by atoms with Gasteiger partial charge in [-0.2, -0.15) is 5.10 Å². The smallest absolute Gasteiger partial charge is 0.276 e. The van der Waals surface area contributed by atoms with E-state index in [-0.39, 0.29) is 36.2 Å². The molecule has 2 aromatic heterocycles. The summed E-state index contributed by atoms with van der Waals surface area (Å²) in [5.41, 5.74) is 2.11. The topological polar surface area (TPSA) is 90.2 Å². The molecule has 0 spiro atoms. The van der Waals surface area contributed by atoms with Gasteiger partial charge in [0.1, 0.15) is 12.4 Å². The zero-order valence-corrected chi connectivity index (χ0v) is 19.9. The number of anilines is 1. The average Bonchev–Trinajstić information content (AvgIpc) is 3.60. The van der Waals surface area contributed by atoms with Crippen molar-refractivity contribution in [3.05, 3.63) is 28.4 Å². The summed E-state index contributed by atoms with van der Waals surface area (Å²) in [7, 11) is 1.83. The normalized spacial score (nSPS) is 24.6. The Balaban J connectivity index is 1.33. The van der Waals surface area contributed by atoms with Crippen LogP contribution in [0.15, 0.2) is 12.1 Å². The van der Waals surface area contributed by atoms with E-state index in [1.54, 1.807) is 9.42 Å². The van der Waals surface area contributed by atoms with Gasteiger partial charge in [-0.05, 0) is 62.1 Å². The SMILES string of the molecule is CNc1cc(C2CC2)cc2c(Cl)c(C(=O)N3CCN(C4CCCCC(O)CC4)C(=O)C3)nn12. The van der Waals surface area contributed by atoms with Crippen molar-refractivity contribution in [1.29, 1.82) is 0 Å². The molecule has 2 N–H and O–H groups in total. The highest BCUT2D eigenvalue weighted by Gasteiger charge is 2.35. The molecule has 2 aromatic rings. The number of aliphatic hydroxyl groups is 1. The van der Waals surface area contributed by atoms with E-state index in [0.717, 1.165) is 44.3 Å². The lowest BCUT2D eigenvalue weighted by Crippen LogP contribution is -2.55. The number of aliphatic hydroxyl groups excluding tert-OH is 1. The molecule has 33 heavy (non-hydrogen) atoms. The third kappa shape index (κ3) is 4.43. The predicted molar refractivity (Wildman–Crippen MR) is 127 cm³/mol. The average molecular weight is 474 g/mol. The van der Waals surface area contributed by atoms with Crippen LogP contribution in [0.25, 0.3) is 5.52 Å². The number of carbonyl (C=O) groups is 2. The Morgan fingerprint density at radius 3 is 2.64 bits per heavy atom. The Bertz CT molecular complexity index is 1070. The van der Waals surface area contributed by atoms with Crippen molar-refractivity contribution in [3.63, 3.8) is 0 Å². The molecule has 0 bridgehead atoms. The summed E-state index contributed by atoms with van der Waals surface area (Å²) >= 11 is 6.65. The van der Waals surface area contributed by atoms with Crippen LogP contribution in [-0.2, 0) is 4.79 Å². The molecule has 9 heteroatoms. The molecule has 1 saturated heterocycles. The fraction of sp³-hybridized carbons (Fsp3) is 0.625. The lowest BCUT2D eigenvalue weighted by Gasteiger charge is -2.40. The van der Waals surface area contributed by atoms with Crippen LogP contribution in [0, 0.1) is 0 Å². The largest absolute Gasteiger partial charge is 0.393 e. The van der Waals surface area contributed by atoms with Gasteiger partial charge in [-0.3, -0.25) is 9.59 Å². The first-order valence-electron chi connectivity index (χ1n) is 12.1. The number of aromatic nitrogens is 2. The molecule has 2 saturated carbocycles. The van der Waals surface area contributed by atoms with Crippen molar-refractivity contribution in [1.82, 2.24) is 19.4 Å². The maximum Gasteiger partial charge on any atom is 0.276 e. The minimum absolute atomic E-state index is 0.0360. The van der Waals surface area contributed by atoms with E-state index in [2.05, 4.69) is 16.5 Å². The van der Waals surface area contributed by atoms with E-state index in [1.807, 2.05) is 18.0 Å². The van der Waals surface area contributed by atoms with E-state index in [1.165, 1.54) is 18.4 Å². The zero-order valence-electron chi connectivity index (χ0n) is 19.1. The molecule has 2 unspecified atom stereocenters. The van der Waals surface area contributed by atoms with Gasteiger partial charge in [0.15, 0.2) is 5.69 Å². The minimum Gasteiger partial charge on any atom is -0.393 e. The number of halogens is 1. The summed E-state index contributed by atoms with van der Waals surface area (Å²) in [6, 6.07) is 4.23. The van der Waals surface area contributed by atoms with Crippen molar-refractivity contribution >= 4 is 34.7 Å². The van der Waals surface area contributed by atoms with E-state index >= 15 is 0 Å². The number of fused-ring (bicyclic) bond motifs is 1. The molecule has 8 nitrogen and oxygen atoms in total. The number of hydrogen-bond donors (Lipinski definition) is 2. The summed E-state index contributed by atoms with van der Waals surface area (Å²) in [5, 5.41) is 18.0. The van der Waals surface area contributed by atoms with Crippen LogP contribution in [0.5, 0.6) is 0 Å². The number of hydrogen-bond acceptors (Lipinski definition) is 5. The maximum atomic E-state index is 13.3. The highest BCUT2D eigenvalue weighted by Crippen LogP contribution is 2.42. The van der Waals surface area contributed by atoms with Gasteiger partial charge in [0.25, 0.3) is 5.91 Å². The quantitative estimate of drug-likeness (QED) is 0.711. The van der Waals surface area contributed by atoms with Crippen LogP contribution in [0.1, 0.15) is 73.3 Å². The van der Waals surface area contributed by atoms with Gasteiger partial charge in [0.05, 0.1) is 16.6 Å². The molecule has 3 aliphatic rings. The Labute approximate surface area is 198 Å². The van der Waals surface area contributed by atoms with Crippen LogP contribution in [-0.4, -0.2) is 75.2 Å². The van der Waals surface area contributed by atoms with E-state index in [9.17, 15) is 14.7 Å². The highest BCUT2D eigenvalue weighted by atomic mass is 35.5. The first-order valence-corrected chi connectivity index (χ1v) is 12.5. The van der Waals surface area contributed by atoms with Gasteiger partial charge >= 0.3 is 0 Å². The summed E-state index contributed by atoms with van der Waals surface area (Å²) in [4.78, 5) is 29.8. The Morgan fingerprint density at radius 2 is 1.91 bits per heavy atom. The molecule has 2 aliphatic carbocycles. The van der Waals surface area contributed by atoms with Crippen LogP contribution in [0.4, 0.5) is 5.82 Å². The Morgan fingerprint density at radius 1 is 1.12 bits per heavy atom. The molecule has 2 atom stereocenters. The molecular formula is C24H32ClN5O3. The molecule has 0 radical (unpaired) electrons. The predicted octanol–water partition coefficient (Wildman–Crippen LogP) is 3.27. The molecule has 3 fully saturated rings. The third-order valence-electron chi connectivity index (χ3n) is 7.35. The van der Waals surface area contributed by atoms with Gasteiger partial charge in [0, 0.05) is 26.2 Å². The monoisotopic (exact) mass is 473 g/mol. The fourth-order valence-electron chi connectivity index (χ4n) is 5.25. The lowest BCUT2D eigenvalue weighted by atomic mass is 9.93. The molecule has 178 valence electrons. The maximum absolute atomic E-state index is 13.3. The Hall–Kier alpha value is -2.32. The van der Waals surface area contributed by atoms with Gasteiger partial charge in [-0.1, -0.05) is 24.4 Å². The molecule has 1 aliphatic heterocycles. The van der Waals surface area contributed by atoms with Crippen LogP contribution in [0.3, 0.4) is 0 Å². The number of nitrogens with one attached hydrogen (secondary N) is 1. The molecular weight excluding hydrogens is 442 g/mol. The molecule has 3 heterocycles. The van der Waals surface area contributed by atoms with Gasteiger partial charge in [0.2, 0.25) is 5.91 Å². The lowest BCUT2D eigenvalue weighted by molar-refractivity contribution is -0.138. The van der Waals surface area contributed by atoms with Crippen LogP contribution in [0.2, 0.25) is 5.02 Å². The summed E-state index contributed by atoms with van der Waals surface area (Å²) in [6.07, 6.45) is 7.42. The van der Waals surface area contributed by atoms with Gasteiger partial charge in [-0.15, -0.1) is 0 Å². The van der Waals surface area contributed by atoms with Crippen molar-refractivity contribution in [2.24, 2.45) is 0 Å².